The smallest absolute Gasteiger partial charge is 0.281 e. The molecule has 0 radical (unpaired) electrons. The third-order valence-corrected chi connectivity index (χ3v) is 5.35. The van der Waals surface area contributed by atoms with Crippen molar-refractivity contribution < 1.29 is 13.2 Å². The van der Waals surface area contributed by atoms with E-state index in [4.69, 9.17) is 11.5 Å². The van der Waals surface area contributed by atoms with Gasteiger partial charge in [-0.15, -0.1) is 0 Å². The average Bonchev–Trinajstić information content (AvgIpc) is 2.36. The maximum atomic E-state index is 12.1. The standard InChI is InChI=1S/C14H20BrN3O3S/c1-3-4-5-6-9-7-8-10(13(19)18-14(16)17)11(15)12(9)22(2,20)21/h7-8H,3-6H2,1-2H3,(H4,16,17,18,19). The predicted octanol–water partition coefficient (Wildman–Crippen LogP) is 2.00. The third kappa shape index (κ3) is 4.81. The van der Waals surface area contributed by atoms with Crippen LogP contribution in [-0.4, -0.2) is 26.5 Å². The molecular formula is C14H20BrN3O3S. The monoisotopic (exact) mass is 389 g/mol. The highest BCUT2D eigenvalue weighted by Gasteiger charge is 2.22. The van der Waals surface area contributed by atoms with Gasteiger partial charge in [0.1, 0.15) is 0 Å². The van der Waals surface area contributed by atoms with Crippen molar-refractivity contribution in [2.75, 3.05) is 6.26 Å². The van der Waals surface area contributed by atoms with Gasteiger partial charge in [-0.25, -0.2) is 8.42 Å². The lowest BCUT2D eigenvalue weighted by atomic mass is 10.0. The Bertz CT molecular complexity index is 696. The van der Waals surface area contributed by atoms with E-state index in [2.05, 4.69) is 27.8 Å². The molecule has 0 heterocycles. The summed E-state index contributed by atoms with van der Waals surface area (Å²) in [5.41, 5.74) is 11.2. The number of rotatable bonds is 6. The Balaban J connectivity index is 3.38. The summed E-state index contributed by atoms with van der Waals surface area (Å²) in [5.74, 6) is -1.05. The van der Waals surface area contributed by atoms with Crippen LogP contribution in [0.4, 0.5) is 0 Å². The second-order valence-electron chi connectivity index (χ2n) is 4.99. The fraction of sp³-hybridized carbons (Fsp3) is 0.429. The number of halogens is 1. The van der Waals surface area contributed by atoms with Gasteiger partial charge in [-0.3, -0.25) is 4.79 Å². The normalized spacial score (nSPS) is 11.2. The Morgan fingerprint density at radius 2 is 1.91 bits per heavy atom. The van der Waals surface area contributed by atoms with E-state index < -0.39 is 15.7 Å². The molecule has 0 aromatic heterocycles. The summed E-state index contributed by atoms with van der Waals surface area (Å²) < 4.78 is 24.4. The lowest BCUT2D eigenvalue weighted by Crippen LogP contribution is -2.24. The third-order valence-electron chi connectivity index (χ3n) is 3.06. The maximum absolute atomic E-state index is 12.1. The van der Waals surface area contributed by atoms with Crippen molar-refractivity contribution in [1.29, 1.82) is 0 Å². The molecule has 6 nitrogen and oxygen atoms in total. The summed E-state index contributed by atoms with van der Waals surface area (Å²) in [7, 11) is -3.50. The Hall–Kier alpha value is -1.41. The van der Waals surface area contributed by atoms with E-state index in [1.807, 2.05) is 0 Å². The van der Waals surface area contributed by atoms with E-state index in [1.165, 1.54) is 6.07 Å². The first-order valence-electron chi connectivity index (χ1n) is 6.83. The Labute approximate surface area is 139 Å². The first-order chi connectivity index (χ1) is 10.2. The van der Waals surface area contributed by atoms with E-state index in [9.17, 15) is 13.2 Å². The van der Waals surface area contributed by atoms with Crippen molar-refractivity contribution in [3.05, 3.63) is 27.7 Å². The largest absolute Gasteiger partial charge is 0.370 e. The summed E-state index contributed by atoms with van der Waals surface area (Å²) in [5, 5.41) is 0. The van der Waals surface area contributed by atoms with Crippen LogP contribution in [0.15, 0.2) is 26.5 Å². The molecule has 0 fully saturated rings. The number of carbonyl (C=O) groups is 1. The van der Waals surface area contributed by atoms with Crippen molar-refractivity contribution in [3.8, 4) is 0 Å². The molecule has 0 unspecified atom stereocenters. The first kappa shape index (κ1) is 18.6. The number of nitrogens with two attached hydrogens (primary N) is 2. The van der Waals surface area contributed by atoms with Crippen LogP contribution in [0.25, 0.3) is 0 Å². The van der Waals surface area contributed by atoms with Crippen molar-refractivity contribution in [2.24, 2.45) is 16.5 Å². The van der Waals surface area contributed by atoms with E-state index in [1.54, 1.807) is 6.07 Å². The van der Waals surface area contributed by atoms with Crippen LogP contribution in [-0.2, 0) is 16.3 Å². The fourth-order valence-corrected chi connectivity index (χ4v) is 4.62. The van der Waals surface area contributed by atoms with Crippen LogP contribution in [0.5, 0.6) is 0 Å². The van der Waals surface area contributed by atoms with E-state index >= 15 is 0 Å². The van der Waals surface area contributed by atoms with Gasteiger partial charge in [-0.05, 0) is 40.4 Å². The topological polar surface area (TPSA) is 116 Å². The van der Waals surface area contributed by atoms with Crippen molar-refractivity contribution >= 4 is 37.6 Å². The zero-order chi connectivity index (χ0) is 16.9. The summed E-state index contributed by atoms with van der Waals surface area (Å²) in [6.07, 6.45) is 4.68. The number of nitrogens with zero attached hydrogens (tertiary/aromatic N) is 1. The molecule has 0 aliphatic rings. The lowest BCUT2D eigenvalue weighted by Gasteiger charge is -2.12. The van der Waals surface area contributed by atoms with E-state index in [-0.39, 0.29) is 20.9 Å². The van der Waals surface area contributed by atoms with Crippen LogP contribution in [0, 0.1) is 0 Å². The molecular weight excluding hydrogens is 370 g/mol. The highest BCUT2D eigenvalue weighted by Crippen LogP contribution is 2.31. The Kier molecular flexibility index (Phi) is 6.55. The first-order valence-corrected chi connectivity index (χ1v) is 9.52. The fourth-order valence-electron chi connectivity index (χ4n) is 2.10. The predicted molar refractivity (Wildman–Crippen MR) is 90.6 cm³/mol. The van der Waals surface area contributed by atoms with Gasteiger partial charge in [0.25, 0.3) is 5.91 Å². The van der Waals surface area contributed by atoms with Crippen LogP contribution >= 0.6 is 15.9 Å². The van der Waals surface area contributed by atoms with Gasteiger partial charge in [0.15, 0.2) is 15.8 Å². The molecule has 1 rings (SSSR count). The van der Waals surface area contributed by atoms with Crippen molar-refractivity contribution in [3.63, 3.8) is 0 Å². The molecule has 0 aliphatic carbocycles. The van der Waals surface area contributed by atoms with Gasteiger partial charge in [-0.2, -0.15) is 4.99 Å². The summed E-state index contributed by atoms with van der Waals surface area (Å²) >= 11 is 3.22. The van der Waals surface area contributed by atoms with Gasteiger partial charge >= 0.3 is 0 Å². The van der Waals surface area contributed by atoms with E-state index in [0.29, 0.717) is 12.0 Å². The Morgan fingerprint density at radius 3 is 2.41 bits per heavy atom. The van der Waals surface area contributed by atoms with Crippen LogP contribution in [0.2, 0.25) is 0 Å². The number of carbonyl (C=O) groups excluding carboxylic acids is 1. The number of unbranched alkanes of at least 4 members (excludes halogenated alkanes) is 2. The molecule has 0 spiro atoms. The van der Waals surface area contributed by atoms with Crippen molar-refractivity contribution in [1.82, 2.24) is 0 Å². The Morgan fingerprint density at radius 1 is 1.27 bits per heavy atom. The minimum absolute atomic E-state index is 0.119. The number of guanidine groups is 1. The molecule has 1 aromatic rings. The lowest BCUT2D eigenvalue weighted by molar-refractivity contribution is 0.100. The van der Waals surface area contributed by atoms with Crippen LogP contribution in [0.1, 0.15) is 42.1 Å². The molecule has 1 amide bonds. The summed E-state index contributed by atoms with van der Waals surface area (Å²) in [6.45, 7) is 2.07. The molecule has 4 N–H and O–H groups in total. The number of hydrogen-bond donors (Lipinski definition) is 2. The average molecular weight is 390 g/mol. The zero-order valence-corrected chi connectivity index (χ0v) is 15.0. The van der Waals surface area contributed by atoms with E-state index in [0.717, 1.165) is 25.5 Å². The SMILES string of the molecule is CCCCCc1ccc(C(=O)N=C(N)N)c(Br)c1S(C)(=O)=O. The summed E-state index contributed by atoms with van der Waals surface area (Å²) in [6, 6.07) is 3.18. The number of aryl methyl sites for hydroxylation is 1. The number of amides is 1. The molecule has 22 heavy (non-hydrogen) atoms. The number of benzene rings is 1. The maximum Gasteiger partial charge on any atom is 0.281 e. The van der Waals surface area contributed by atoms with Gasteiger partial charge in [0.05, 0.1) is 10.5 Å². The molecule has 0 saturated carbocycles. The molecule has 0 saturated heterocycles. The molecule has 8 heteroatoms. The highest BCUT2D eigenvalue weighted by atomic mass is 79.9. The molecule has 1 aromatic carbocycles. The number of hydrogen-bond acceptors (Lipinski definition) is 3. The second-order valence-corrected chi connectivity index (χ2v) is 7.73. The number of aliphatic imine (C=N–C) groups is 1. The van der Waals surface area contributed by atoms with Gasteiger partial charge < -0.3 is 11.5 Å². The zero-order valence-electron chi connectivity index (χ0n) is 12.6. The van der Waals surface area contributed by atoms with Gasteiger partial charge in [-0.1, -0.05) is 25.8 Å². The quantitative estimate of drug-likeness (QED) is 0.438. The minimum Gasteiger partial charge on any atom is -0.370 e. The van der Waals surface area contributed by atoms with Crippen molar-refractivity contribution in [2.45, 2.75) is 37.5 Å². The van der Waals surface area contributed by atoms with Gasteiger partial charge in [0.2, 0.25) is 0 Å². The van der Waals surface area contributed by atoms with Gasteiger partial charge in [0, 0.05) is 10.7 Å². The molecule has 0 aliphatic heterocycles. The molecule has 0 atom stereocenters. The number of sulfone groups is 1. The van der Waals surface area contributed by atoms with Crippen LogP contribution in [0.3, 0.4) is 0 Å². The summed E-state index contributed by atoms with van der Waals surface area (Å²) in [4.78, 5) is 15.5. The second kappa shape index (κ2) is 7.73. The molecule has 0 bridgehead atoms. The van der Waals surface area contributed by atoms with Crippen LogP contribution < -0.4 is 11.5 Å². The molecule has 122 valence electrons. The minimum atomic E-state index is -3.50. The highest BCUT2D eigenvalue weighted by molar-refractivity contribution is 9.10.